The molecule has 12 rings (SSSR count). The molecule has 0 aliphatic rings. The van der Waals surface area contributed by atoms with Crippen molar-refractivity contribution in [1.82, 2.24) is 4.57 Å². The lowest BCUT2D eigenvalue weighted by Gasteiger charge is -2.27. The van der Waals surface area contributed by atoms with E-state index >= 15 is 0 Å². The predicted molar refractivity (Wildman–Crippen MR) is 252 cm³/mol. The van der Waals surface area contributed by atoms with Gasteiger partial charge in [-0.05, 0) is 82.9 Å². The van der Waals surface area contributed by atoms with E-state index in [9.17, 15) is 0 Å². The van der Waals surface area contributed by atoms with Gasteiger partial charge >= 0.3 is 0 Å². The van der Waals surface area contributed by atoms with Crippen molar-refractivity contribution < 1.29 is 0 Å². The minimum Gasteiger partial charge on any atom is -0.309 e. The van der Waals surface area contributed by atoms with Crippen LogP contribution < -0.4 is 4.90 Å². The van der Waals surface area contributed by atoms with Crippen molar-refractivity contribution in [2.24, 2.45) is 0 Å². The molecule has 0 saturated heterocycles. The summed E-state index contributed by atoms with van der Waals surface area (Å²) in [5.74, 6) is 0. The fourth-order valence-electron chi connectivity index (χ4n) is 8.99. The van der Waals surface area contributed by atoms with E-state index in [1.807, 2.05) is 22.7 Å². The Morgan fingerprint density at radius 2 is 0.845 bits per heavy atom. The smallest absolute Gasteiger partial charge is 0.0640 e. The first-order valence-corrected chi connectivity index (χ1v) is 21.3. The van der Waals surface area contributed by atoms with Crippen LogP contribution >= 0.6 is 22.7 Å². The average Bonchev–Trinajstić information content (AvgIpc) is 3.97. The van der Waals surface area contributed by atoms with E-state index < -0.39 is 0 Å². The second-order valence-corrected chi connectivity index (χ2v) is 17.0. The molecular weight excluding hydrogens is 741 g/mol. The van der Waals surface area contributed by atoms with Gasteiger partial charge in [-0.1, -0.05) is 146 Å². The third kappa shape index (κ3) is 5.16. The number of hydrogen-bond donors (Lipinski definition) is 0. The standard InChI is InChI=1S/C54H34N2S2/c1-2-14-37(15-3-1)55-47-23-9-6-18-41(47)42-33-30-36(34-50(42)55)40-17-5-4-16-39(40)35-28-31-38(32-29-35)56(48-24-12-21-45-43-19-7-10-26-51(43)57-53(45)48)49-25-13-22-46-44-20-8-11-27-52(44)58-54(46)49/h1-34H. The third-order valence-electron chi connectivity index (χ3n) is 11.6. The van der Waals surface area contributed by atoms with E-state index in [1.54, 1.807) is 0 Å². The molecule has 58 heavy (non-hydrogen) atoms. The summed E-state index contributed by atoms with van der Waals surface area (Å²) in [6.07, 6.45) is 0. The summed E-state index contributed by atoms with van der Waals surface area (Å²) in [7, 11) is 0. The molecule has 0 N–H and O–H groups in total. The number of para-hydroxylation sites is 2. The van der Waals surface area contributed by atoms with E-state index in [4.69, 9.17) is 0 Å². The van der Waals surface area contributed by atoms with Crippen LogP contribution in [-0.4, -0.2) is 4.57 Å². The van der Waals surface area contributed by atoms with Gasteiger partial charge in [-0.2, -0.15) is 0 Å². The Hall–Kier alpha value is -6.98. The molecule has 4 heteroatoms. The quantitative estimate of drug-likeness (QED) is 0.163. The summed E-state index contributed by atoms with van der Waals surface area (Å²) >= 11 is 3.75. The topological polar surface area (TPSA) is 8.17 Å². The van der Waals surface area contributed by atoms with Crippen molar-refractivity contribution >= 4 is 102 Å². The fraction of sp³-hybridized carbons (Fsp3) is 0. The Morgan fingerprint density at radius 1 is 0.345 bits per heavy atom. The molecule has 272 valence electrons. The molecule has 0 atom stereocenters. The number of hydrogen-bond acceptors (Lipinski definition) is 3. The minimum atomic E-state index is 1.13. The summed E-state index contributed by atoms with van der Waals surface area (Å²) < 4.78 is 7.59. The molecule has 0 unspecified atom stereocenters. The van der Waals surface area contributed by atoms with Crippen LogP contribution in [0.25, 0.3) is 90.1 Å². The van der Waals surface area contributed by atoms with Gasteiger partial charge in [0.15, 0.2) is 0 Å². The average molecular weight is 775 g/mol. The van der Waals surface area contributed by atoms with Gasteiger partial charge in [0.05, 0.1) is 31.8 Å². The molecule has 3 aromatic heterocycles. The molecular formula is C54H34N2S2. The maximum atomic E-state index is 2.49. The lowest BCUT2D eigenvalue weighted by molar-refractivity contribution is 1.18. The first-order chi connectivity index (χ1) is 28.8. The van der Waals surface area contributed by atoms with E-state index in [2.05, 4.69) is 216 Å². The van der Waals surface area contributed by atoms with Gasteiger partial charge in [0.1, 0.15) is 0 Å². The molecule has 0 fully saturated rings. The number of rotatable bonds is 6. The zero-order valence-electron chi connectivity index (χ0n) is 31.3. The molecule has 12 aromatic rings. The first-order valence-electron chi connectivity index (χ1n) is 19.7. The monoisotopic (exact) mass is 774 g/mol. The van der Waals surface area contributed by atoms with E-state index in [0.717, 1.165) is 11.4 Å². The lowest BCUT2D eigenvalue weighted by Crippen LogP contribution is -2.10. The van der Waals surface area contributed by atoms with E-state index in [-0.39, 0.29) is 0 Å². The lowest BCUT2D eigenvalue weighted by atomic mass is 9.93. The van der Waals surface area contributed by atoms with Crippen LogP contribution in [0.4, 0.5) is 17.1 Å². The molecule has 2 nitrogen and oxygen atoms in total. The Bertz CT molecular complexity index is 3400. The first kappa shape index (κ1) is 33.2. The molecule has 0 saturated carbocycles. The Balaban J connectivity index is 1.02. The second kappa shape index (κ2) is 13.3. The zero-order valence-corrected chi connectivity index (χ0v) is 33.0. The van der Waals surface area contributed by atoms with Gasteiger partial charge in [0.25, 0.3) is 0 Å². The predicted octanol–water partition coefficient (Wildman–Crippen LogP) is 16.3. The highest BCUT2D eigenvalue weighted by atomic mass is 32.1. The summed E-state index contributed by atoms with van der Waals surface area (Å²) in [6, 6.07) is 75.6. The van der Waals surface area contributed by atoms with Crippen molar-refractivity contribution in [3.05, 3.63) is 206 Å². The van der Waals surface area contributed by atoms with Crippen LogP contribution in [0.15, 0.2) is 206 Å². The highest BCUT2D eigenvalue weighted by molar-refractivity contribution is 7.27. The molecule has 9 aromatic carbocycles. The second-order valence-electron chi connectivity index (χ2n) is 14.9. The fourth-order valence-corrected chi connectivity index (χ4v) is 11.4. The molecule has 0 bridgehead atoms. The Kier molecular flexibility index (Phi) is 7.62. The summed E-state index contributed by atoms with van der Waals surface area (Å²) in [5.41, 5.74) is 11.9. The van der Waals surface area contributed by atoms with Gasteiger partial charge in [0, 0.05) is 53.1 Å². The largest absolute Gasteiger partial charge is 0.309 e. The normalized spacial score (nSPS) is 11.8. The SMILES string of the molecule is c1ccc(-n2c3ccccc3c3ccc(-c4ccccc4-c4ccc(N(c5cccc6c5sc5ccccc56)c5cccc6c5sc5ccccc56)cc4)cc32)cc1. The number of fused-ring (bicyclic) bond motifs is 9. The third-order valence-corrected chi connectivity index (χ3v) is 14.0. The van der Waals surface area contributed by atoms with Crippen LogP contribution in [0.5, 0.6) is 0 Å². The highest BCUT2D eigenvalue weighted by Gasteiger charge is 2.22. The van der Waals surface area contributed by atoms with Crippen molar-refractivity contribution in [1.29, 1.82) is 0 Å². The molecule has 0 aliphatic heterocycles. The van der Waals surface area contributed by atoms with Gasteiger partial charge in [-0.25, -0.2) is 0 Å². The summed E-state index contributed by atoms with van der Waals surface area (Å²) in [6.45, 7) is 0. The maximum absolute atomic E-state index is 2.49. The maximum Gasteiger partial charge on any atom is 0.0640 e. The van der Waals surface area contributed by atoms with Crippen LogP contribution in [-0.2, 0) is 0 Å². The van der Waals surface area contributed by atoms with Crippen molar-refractivity contribution in [3.63, 3.8) is 0 Å². The van der Waals surface area contributed by atoms with Crippen LogP contribution in [0.1, 0.15) is 0 Å². The van der Waals surface area contributed by atoms with Crippen LogP contribution in [0.2, 0.25) is 0 Å². The van der Waals surface area contributed by atoms with Crippen molar-refractivity contribution in [2.75, 3.05) is 4.90 Å². The highest BCUT2D eigenvalue weighted by Crippen LogP contribution is 2.49. The van der Waals surface area contributed by atoms with Gasteiger partial charge < -0.3 is 9.47 Å². The van der Waals surface area contributed by atoms with E-state index in [0.29, 0.717) is 0 Å². The molecule has 0 radical (unpaired) electrons. The summed E-state index contributed by atoms with van der Waals surface area (Å²) in [5, 5.41) is 7.71. The molecule has 3 heterocycles. The Labute approximate surface area is 343 Å². The molecule has 0 aliphatic carbocycles. The number of anilines is 3. The van der Waals surface area contributed by atoms with Gasteiger partial charge in [-0.15, -0.1) is 22.7 Å². The minimum absolute atomic E-state index is 1.13. The van der Waals surface area contributed by atoms with Crippen LogP contribution in [0, 0.1) is 0 Å². The van der Waals surface area contributed by atoms with Crippen molar-refractivity contribution in [3.8, 4) is 27.9 Å². The van der Waals surface area contributed by atoms with E-state index in [1.165, 1.54) is 95.8 Å². The number of aromatic nitrogens is 1. The number of benzene rings is 9. The molecule has 0 spiro atoms. The van der Waals surface area contributed by atoms with Crippen molar-refractivity contribution in [2.45, 2.75) is 0 Å². The Morgan fingerprint density at radius 3 is 1.50 bits per heavy atom. The number of nitrogens with zero attached hydrogens (tertiary/aromatic N) is 2. The van der Waals surface area contributed by atoms with Gasteiger partial charge in [-0.3, -0.25) is 0 Å². The number of thiophene rings is 2. The molecule has 0 amide bonds. The van der Waals surface area contributed by atoms with Crippen LogP contribution in [0.3, 0.4) is 0 Å². The zero-order chi connectivity index (χ0) is 38.2. The van der Waals surface area contributed by atoms with Gasteiger partial charge in [0.2, 0.25) is 0 Å². The summed E-state index contributed by atoms with van der Waals surface area (Å²) in [4.78, 5) is 2.49.